The molecule has 6 nitrogen and oxygen atoms in total. The molecule has 1 aromatic heterocycles. The van der Waals surface area contributed by atoms with Gasteiger partial charge in [0.15, 0.2) is 0 Å². The van der Waals surface area contributed by atoms with Crippen LogP contribution in [0.3, 0.4) is 0 Å². The number of thiophene rings is 1. The molecule has 0 radical (unpaired) electrons. The van der Waals surface area contributed by atoms with Crippen LogP contribution in [0.5, 0.6) is 0 Å². The summed E-state index contributed by atoms with van der Waals surface area (Å²) in [5, 5.41) is 7.75. The predicted octanol–water partition coefficient (Wildman–Crippen LogP) is 2.90. The fraction of sp³-hybridized carbons (Fsp3) is 0.667. The highest BCUT2D eigenvalue weighted by Crippen LogP contribution is 2.23. The van der Waals surface area contributed by atoms with Crippen LogP contribution in [0.25, 0.3) is 0 Å². The van der Waals surface area contributed by atoms with E-state index >= 15 is 0 Å². The third kappa shape index (κ3) is 6.62. The second-order valence-corrected chi connectivity index (χ2v) is 9.33. The van der Waals surface area contributed by atoms with E-state index in [9.17, 15) is 14.4 Å². The molecule has 1 saturated heterocycles. The summed E-state index contributed by atoms with van der Waals surface area (Å²) in [6.45, 7) is 10.0. The summed E-state index contributed by atoms with van der Waals surface area (Å²) in [6.07, 6.45) is 1.99. The van der Waals surface area contributed by atoms with Crippen molar-refractivity contribution in [3.8, 4) is 0 Å². The van der Waals surface area contributed by atoms with Gasteiger partial charge in [-0.2, -0.15) is 0 Å². The Balaban J connectivity index is 2.01. The molecule has 0 saturated carbocycles. The molecule has 1 aliphatic heterocycles. The Labute approximate surface area is 172 Å². The molecule has 0 bridgehead atoms. The molecule has 0 aromatic carbocycles. The van der Waals surface area contributed by atoms with Crippen LogP contribution in [0.4, 0.5) is 0 Å². The monoisotopic (exact) mass is 407 g/mol. The Morgan fingerprint density at radius 2 is 1.82 bits per heavy atom. The number of nitrogens with one attached hydrogen (secondary N) is 2. The van der Waals surface area contributed by atoms with Crippen LogP contribution in [0.1, 0.15) is 56.6 Å². The average molecular weight is 408 g/mol. The van der Waals surface area contributed by atoms with Crippen molar-refractivity contribution in [2.45, 2.75) is 53.0 Å². The van der Waals surface area contributed by atoms with E-state index in [-0.39, 0.29) is 23.6 Å². The minimum absolute atomic E-state index is 0.0270. The number of likely N-dealkylation sites (tertiary alicyclic amines) is 1. The number of piperidine rings is 1. The number of rotatable bonds is 8. The highest BCUT2D eigenvalue weighted by molar-refractivity contribution is 7.12. The van der Waals surface area contributed by atoms with Gasteiger partial charge < -0.3 is 15.5 Å². The number of hydrogen-bond donors (Lipinski definition) is 2. The van der Waals surface area contributed by atoms with Crippen LogP contribution in [0.2, 0.25) is 0 Å². The first-order valence-electron chi connectivity index (χ1n) is 10.2. The normalized spacial score (nSPS) is 16.3. The molecular weight excluding hydrogens is 374 g/mol. The van der Waals surface area contributed by atoms with Gasteiger partial charge in [0.1, 0.15) is 6.04 Å². The van der Waals surface area contributed by atoms with Gasteiger partial charge in [0.2, 0.25) is 11.8 Å². The average Bonchev–Trinajstić information content (AvgIpc) is 3.18. The molecule has 1 aromatic rings. The van der Waals surface area contributed by atoms with Crippen molar-refractivity contribution in [2.75, 3.05) is 19.6 Å². The van der Waals surface area contributed by atoms with Gasteiger partial charge >= 0.3 is 0 Å². The SMILES string of the molecule is CC(C)CNC(=O)C(NC(=O)c1cccs1)C1CCN(C(=O)CC(C)C)CC1. The predicted molar refractivity (Wildman–Crippen MR) is 112 cm³/mol. The van der Waals surface area contributed by atoms with Crippen molar-refractivity contribution in [3.63, 3.8) is 0 Å². The second-order valence-electron chi connectivity index (χ2n) is 8.38. The molecule has 0 aliphatic carbocycles. The maximum Gasteiger partial charge on any atom is 0.262 e. The van der Waals surface area contributed by atoms with Crippen molar-refractivity contribution < 1.29 is 14.4 Å². The molecule has 1 atom stereocenters. The zero-order chi connectivity index (χ0) is 20.7. The summed E-state index contributed by atoms with van der Waals surface area (Å²) in [4.78, 5) is 40.2. The minimum Gasteiger partial charge on any atom is -0.354 e. The molecule has 2 heterocycles. The van der Waals surface area contributed by atoms with Crippen molar-refractivity contribution >= 4 is 29.1 Å². The highest BCUT2D eigenvalue weighted by Gasteiger charge is 2.34. The maximum absolute atomic E-state index is 12.8. The summed E-state index contributed by atoms with van der Waals surface area (Å²) < 4.78 is 0. The molecule has 0 spiro atoms. The van der Waals surface area contributed by atoms with Gasteiger partial charge in [-0.25, -0.2) is 0 Å². The fourth-order valence-corrected chi connectivity index (χ4v) is 4.02. The van der Waals surface area contributed by atoms with Crippen LogP contribution >= 0.6 is 11.3 Å². The lowest BCUT2D eigenvalue weighted by atomic mass is 9.88. The summed E-state index contributed by atoms with van der Waals surface area (Å²) in [5.41, 5.74) is 0. The fourth-order valence-electron chi connectivity index (χ4n) is 3.39. The number of amides is 3. The molecule has 156 valence electrons. The van der Waals surface area contributed by atoms with E-state index in [1.807, 2.05) is 44.0 Å². The lowest BCUT2D eigenvalue weighted by Crippen LogP contribution is -2.54. The van der Waals surface area contributed by atoms with E-state index in [2.05, 4.69) is 10.6 Å². The minimum atomic E-state index is -0.573. The van der Waals surface area contributed by atoms with E-state index in [4.69, 9.17) is 0 Å². The zero-order valence-electron chi connectivity index (χ0n) is 17.4. The van der Waals surface area contributed by atoms with E-state index in [0.29, 0.717) is 55.6 Å². The van der Waals surface area contributed by atoms with Gasteiger partial charge in [-0.15, -0.1) is 11.3 Å². The van der Waals surface area contributed by atoms with Gasteiger partial charge in [-0.3, -0.25) is 14.4 Å². The third-order valence-electron chi connectivity index (χ3n) is 4.95. The highest BCUT2D eigenvalue weighted by atomic mass is 32.1. The van der Waals surface area contributed by atoms with Gasteiger partial charge in [-0.05, 0) is 42.0 Å². The Kier molecular flexibility index (Phi) is 8.48. The summed E-state index contributed by atoms with van der Waals surface area (Å²) in [6, 6.07) is 3.01. The molecule has 1 fully saturated rings. The topological polar surface area (TPSA) is 78.5 Å². The molecule has 7 heteroatoms. The van der Waals surface area contributed by atoms with Gasteiger partial charge in [0, 0.05) is 26.1 Å². The Hall–Kier alpha value is -1.89. The summed E-state index contributed by atoms with van der Waals surface area (Å²) >= 11 is 1.36. The zero-order valence-corrected chi connectivity index (χ0v) is 18.2. The molecule has 28 heavy (non-hydrogen) atoms. The van der Waals surface area contributed by atoms with Crippen LogP contribution in [-0.4, -0.2) is 48.3 Å². The van der Waals surface area contributed by atoms with Gasteiger partial charge in [0.05, 0.1) is 4.88 Å². The van der Waals surface area contributed by atoms with E-state index in [1.165, 1.54) is 11.3 Å². The molecular formula is C21H33N3O3S. The number of nitrogens with zero attached hydrogens (tertiary/aromatic N) is 1. The molecule has 1 aliphatic rings. The largest absolute Gasteiger partial charge is 0.354 e. The Morgan fingerprint density at radius 1 is 1.14 bits per heavy atom. The van der Waals surface area contributed by atoms with Gasteiger partial charge in [0.25, 0.3) is 5.91 Å². The van der Waals surface area contributed by atoms with Crippen molar-refractivity contribution in [3.05, 3.63) is 22.4 Å². The first-order valence-corrected chi connectivity index (χ1v) is 11.1. The van der Waals surface area contributed by atoms with E-state index < -0.39 is 6.04 Å². The standard InChI is InChI=1S/C21H33N3O3S/c1-14(2)12-18(25)24-9-7-16(8-10-24)19(21(27)22-13-15(3)4)23-20(26)17-6-5-11-28-17/h5-6,11,14-16,19H,7-10,12-13H2,1-4H3,(H,22,27)(H,23,26). The van der Waals surface area contributed by atoms with Crippen LogP contribution in [-0.2, 0) is 9.59 Å². The summed E-state index contributed by atoms with van der Waals surface area (Å²) in [5.74, 6) is 0.539. The third-order valence-corrected chi connectivity index (χ3v) is 5.81. The Bertz CT molecular complexity index is 650. The van der Waals surface area contributed by atoms with Crippen LogP contribution < -0.4 is 10.6 Å². The maximum atomic E-state index is 12.8. The van der Waals surface area contributed by atoms with Crippen molar-refractivity contribution in [1.29, 1.82) is 0 Å². The lowest BCUT2D eigenvalue weighted by Gasteiger charge is -2.36. The van der Waals surface area contributed by atoms with Gasteiger partial charge in [-0.1, -0.05) is 33.8 Å². The van der Waals surface area contributed by atoms with E-state index in [1.54, 1.807) is 6.07 Å². The molecule has 3 amide bonds. The van der Waals surface area contributed by atoms with Crippen molar-refractivity contribution in [2.24, 2.45) is 17.8 Å². The Morgan fingerprint density at radius 3 is 2.36 bits per heavy atom. The first-order chi connectivity index (χ1) is 13.3. The lowest BCUT2D eigenvalue weighted by molar-refractivity contribution is -0.133. The number of carbonyl (C=O) groups excluding carboxylic acids is 3. The first kappa shape index (κ1) is 22.4. The number of hydrogen-bond acceptors (Lipinski definition) is 4. The smallest absolute Gasteiger partial charge is 0.262 e. The molecule has 2 rings (SSSR count). The molecule has 2 N–H and O–H groups in total. The van der Waals surface area contributed by atoms with Crippen LogP contribution in [0.15, 0.2) is 17.5 Å². The van der Waals surface area contributed by atoms with Crippen molar-refractivity contribution in [1.82, 2.24) is 15.5 Å². The molecule has 1 unspecified atom stereocenters. The van der Waals surface area contributed by atoms with Crippen LogP contribution in [0, 0.1) is 17.8 Å². The van der Waals surface area contributed by atoms with E-state index in [0.717, 1.165) is 0 Å². The second kappa shape index (κ2) is 10.6. The quantitative estimate of drug-likeness (QED) is 0.695. The summed E-state index contributed by atoms with van der Waals surface area (Å²) in [7, 11) is 0. The number of carbonyl (C=O) groups is 3.